The van der Waals surface area contributed by atoms with E-state index in [2.05, 4.69) is 16.0 Å². The fourth-order valence-corrected chi connectivity index (χ4v) is 1.95. The van der Waals surface area contributed by atoms with E-state index in [4.69, 9.17) is 0 Å². The molecule has 1 aromatic carbocycles. The summed E-state index contributed by atoms with van der Waals surface area (Å²) in [7, 11) is 1.74. The summed E-state index contributed by atoms with van der Waals surface area (Å²) in [5, 5.41) is 8.02. The van der Waals surface area contributed by atoms with Gasteiger partial charge in [-0.05, 0) is 31.2 Å². The standard InChI is InChI=1S/C13H16FN3O2.ClH/c1-15-5-4-13(19)17-11-7-10-8(6-9(11)14)2-3-12(18)16-10;/h6-7,15H,2-5H2,1H3,(H,16,18)(H,17,19);1H. The topological polar surface area (TPSA) is 70.2 Å². The maximum atomic E-state index is 13.8. The molecule has 0 aromatic heterocycles. The number of halogens is 2. The van der Waals surface area contributed by atoms with Crippen molar-refractivity contribution in [3.8, 4) is 0 Å². The van der Waals surface area contributed by atoms with E-state index in [1.165, 1.54) is 12.1 Å². The third-order valence-electron chi connectivity index (χ3n) is 2.96. The lowest BCUT2D eigenvalue weighted by molar-refractivity contribution is -0.117. The van der Waals surface area contributed by atoms with Gasteiger partial charge in [0, 0.05) is 25.1 Å². The lowest BCUT2D eigenvalue weighted by Gasteiger charge is -2.18. The number of nitrogens with one attached hydrogen (secondary N) is 3. The van der Waals surface area contributed by atoms with Gasteiger partial charge >= 0.3 is 0 Å². The Labute approximate surface area is 122 Å². The van der Waals surface area contributed by atoms with Gasteiger partial charge in [0.05, 0.1) is 5.69 Å². The van der Waals surface area contributed by atoms with E-state index in [-0.39, 0.29) is 36.3 Å². The van der Waals surface area contributed by atoms with Crippen LogP contribution in [0.1, 0.15) is 18.4 Å². The Kier molecular flexibility index (Phi) is 5.91. The number of hydrogen-bond donors (Lipinski definition) is 3. The van der Waals surface area contributed by atoms with Crippen LogP contribution >= 0.6 is 12.4 Å². The molecular weight excluding hydrogens is 285 g/mol. The van der Waals surface area contributed by atoms with Crippen LogP contribution in [0.15, 0.2) is 12.1 Å². The Bertz CT molecular complexity index is 523. The maximum absolute atomic E-state index is 13.8. The second-order valence-electron chi connectivity index (χ2n) is 4.44. The molecule has 2 amide bonds. The van der Waals surface area contributed by atoms with Crippen molar-refractivity contribution in [2.75, 3.05) is 24.2 Å². The van der Waals surface area contributed by atoms with Gasteiger partial charge in [-0.2, -0.15) is 0 Å². The number of carbonyl (C=O) groups excluding carboxylic acids is 2. The molecule has 7 heteroatoms. The van der Waals surface area contributed by atoms with E-state index < -0.39 is 5.82 Å². The van der Waals surface area contributed by atoms with E-state index in [0.29, 0.717) is 25.1 Å². The van der Waals surface area contributed by atoms with Crippen molar-refractivity contribution in [3.05, 3.63) is 23.5 Å². The molecule has 5 nitrogen and oxygen atoms in total. The quantitative estimate of drug-likeness (QED) is 0.792. The first-order valence-electron chi connectivity index (χ1n) is 6.17. The van der Waals surface area contributed by atoms with Crippen molar-refractivity contribution in [2.45, 2.75) is 19.3 Å². The van der Waals surface area contributed by atoms with Crippen LogP contribution < -0.4 is 16.0 Å². The summed E-state index contributed by atoms with van der Waals surface area (Å²) >= 11 is 0. The molecule has 0 saturated heterocycles. The van der Waals surface area contributed by atoms with Crippen LogP contribution in [0.5, 0.6) is 0 Å². The van der Waals surface area contributed by atoms with Gasteiger partial charge < -0.3 is 16.0 Å². The third kappa shape index (κ3) is 3.91. The zero-order valence-electron chi connectivity index (χ0n) is 11.1. The molecule has 0 aliphatic carbocycles. The summed E-state index contributed by atoms with van der Waals surface area (Å²) in [5.74, 6) is -0.838. The van der Waals surface area contributed by atoms with Gasteiger partial charge in [0.15, 0.2) is 0 Å². The molecule has 0 fully saturated rings. The van der Waals surface area contributed by atoms with E-state index in [1.54, 1.807) is 7.05 Å². The largest absolute Gasteiger partial charge is 0.326 e. The van der Waals surface area contributed by atoms with Crippen LogP contribution in [-0.2, 0) is 16.0 Å². The Morgan fingerprint density at radius 2 is 2.15 bits per heavy atom. The highest BCUT2D eigenvalue weighted by Gasteiger charge is 2.18. The predicted octanol–water partition coefficient (Wildman–Crippen LogP) is 1.68. The molecule has 3 N–H and O–H groups in total. The number of anilines is 2. The summed E-state index contributed by atoms with van der Waals surface area (Å²) in [5.41, 5.74) is 1.42. The summed E-state index contributed by atoms with van der Waals surface area (Å²) in [6, 6.07) is 2.83. The molecule has 0 saturated carbocycles. The Morgan fingerprint density at radius 3 is 2.85 bits per heavy atom. The highest BCUT2D eigenvalue weighted by Crippen LogP contribution is 2.28. The highest BCUT2D eigenvalue weighted by atomic mass is 35.5. The monoisotopic (exact) mass is 301 g/mol. The van der Waals surface area contributed by atoms with E-state index in [1.807, 2.05) is 0 Å². The minimum atomic E-state index is -0.479. The first-order chi connectivity index (χ1) is 9.10. The first kappa shape index (κ1) is 16.4. The zero-order chi connectivity index (χ0) is 13.8. The Balaban J connectivity index is 0.00000200. The van der Waals surface area contributed by atoms with Gasteiger partial charge in [0.25, 0.3) is 0 Å². The SMILES string of the molecule is CNCCC(=O)Nc1cc2c(cc1F)CCC(=O)N2.Cl. The average Bonchev–Trinajstić information content (AvgIpc) is 2.38. The van der Waals surface area contributed by atoms with Crippen molar-refractivity contribution in [1.29, 1.82) is 0 Å². The molecule has 1 aliphatic rings. The van der Waals surface area contributed by atoms with Crippen molar-refractivity contribution >= 4 is 35.6 Å². The van der Waals surface area contributed by atoms with Crippen LogP contribution in [0.4, 0.5) is 15.8 Å². The molecule has 2 rings (SSSR count). The van der Waals surface area contributed by atoms with Crippen LogP contribution in [0.25, 0.3) is 0 Å². The minimum absolute atomic E-state index is 0. The van der Waals surface area contributed by atoms with Crippen LogP contribution in [0.2, 0.25) is 0 Å². The molecule has 0 spiro atoms. The molecular formula is C13H17ClFN3O2. The number of rotatable bonds is 4. The lowest BCUT2D eigenvalue weighted by atomic mass is 10.0. The van der Waals surface area contributed by atoms with Gasteiger partial charge in [-0.15, -0.1) is 12.4 Å². The Hall–Kier alpha value is -1.66. The van der Waals surface area contributed by atoms with Gasteiger partial charge in [-0.25, -0.2) is 4.39 Å². The number of amides is 2. The van der Waals surface area contributed by atoms with Gasteiger partial charge in [0.2, 0.25) is 11.8 Å². The molecule has 0 radical (unpaired) electrons. The smallest absolute Gasteiger partial charge is 0.225 e. The first-order valence-corrected chi connectivity index (χ1v) is 6.17. The Morgan fingerprint density at radius 1 is 1.40 bits per heavy atom. The fraction of sp³-hybridized carbons (Fsp3) is 0.385. The molecule has 1 aromatic rings. The maximum Gasteiger partial charge on any atom is 0.225 e. The van der Waals surface area contributed by atoms with E-state index in [9.17, 15) is 14.0 Å². The molecule has 1 aliphatic heterocycles. The number of benzene rings is 1. The number of carbonyl (C=O) groups is 2. The molecule has 20 heavy (non-hydrogen) atoms. The van der Waals surface area contributed by atoms with Gasteiger partial charge in [-0.1, -0.05) is 0 Å². The second-order valence-corrected chi connectivity index (χ2v) is 4.44. The summed E-state index contributed by atoms with van der Waals surface area (Å²) in [6.45, 7) is 0.523. The van der Waals surface area contributed by atoms with Crippen LogP contribution in [0, 0.1) is 5.82 Å². The number of hydrogen-bond acceptors (Lipinski definition) is 3. The fourth-order valence-electron chi connectivity index (χ4n) is 1.95. The molecule has 110 valence electrons. The zero-order valence-corrected chi connectivity index (χ0v) is 11.9. The molecule has 0 unspecified atom stereocenters. The third-order valence-corrected chi connectivity index (χ3v) is 2.96. The summed E-state index contributed by atoms with van der Waals surface area (Å²) in [6.07, 6.45) is 1.14. The van der Waals surface area contributed by atoms with Crippen molar-refractivity contribution in [1.82, 2.24) is 5.32 Å². The van der Waals surface area contributed by atoms with E-state index >= 15 is 0 Å². The van der Waals surface area contributed by atoms with Crippen LogP contribution in [0.3, 0.4) is 0 Å². The minimum Gasteiger partial charge on any atom is -0.326 e. The van der Waals surface area contributed by atoms with Crippen molar-refractivity contribution in [2.24, 2.45) is 0 Å². The van der Waals surface area contributed by atoms with Gasteiger partial charge in [-0.3, -0.25) is 9.59 Å². The average molecular weight is 302 g/mol. The lowest BCUT2D eigenvalue weighted by Crippen LogP contribution is -2.21. The highest BCUT2D eigenvalue weighted by molar-refractivity contribution is 5.96. The number of aryl methyl sites for hydroxylation is 1. The molecule has 0 bridgehead atoms. The van der Waals surface area contributed by atoms with Crippen molar-refractivity contribution in [3.63, 3.8) is 0 Å². The summed E-state index contributed by atoms with van der Waals surface area (Å²) < 4.78 is 13.8. The van der Waals surface area contributed by atoms with E-state index in [0.717, 1.165) is 5.56 Å². The normalized spacial score (nSPS) is 13.0. The molecule has 0 atom stereocenters. The number of fused-ring (bicyclic) bond motifs is 1. The van der Waals surface area contributed by atoms with Gasteiger partial charge in [0.1, 0.15) is 5.82 Å². The van der Waals surface area contributed by atoms with Crippen LogP contribution in [-0.4, -0.2) is 25.4 Å². The second kappa shape index (κ2) is 7.21. The molecule has 1 heterocycles. The summed E-state index contributed by atoms with van der Waals surface area (Å²) in [4.78, 5) is 22.8. The predicted molar refractivity (Wildman–Crippen MR) is 77.8 cm³/mol. The van der Waals surface area contributed by atoms with Crippen molar-refractivity contribution < 1.29 is 14.0 Å².